The zero-order valence-corrected chi connectivity index (χ0v) is 21.4. The van der Waals surface area contributed by atoms with E-state index in [1.165, 1.54) is 17.0 Å². The minimum Gasteiger partial charge on any atom is -0.508 e. The van der Waals surface area contributed by atoms with E-state index in [1.54, 1.807) is 32.9 Å². The summed E-state index contributed by atoms with van der Waals surface area (Å²) >= 11 is 0. The van der Waals surface area contributed by atoms with Crippen LogP contribution in [0.1, 0.15) is 84.2 Å². The molecule has 2 unspecified atom stereocenters. The highest BCUT2D eigenvalue weighted by Gasteiger charge is 2.36. The van der Waals surface area contributed by atoms with E-state index < -0.39 is 36.3 Å². The molecule has 0 aliphatic heterocycles. The minimum absolute atomic E-state index is 0.0210. The van der Waals surface area contributed by atoms with Gasteiger partial charge in [0.2, 0.25) is 11.8 Å². The molecule has 35 heavy (non-hydrogen) atoms. The number of nitrogens with one attached hydrogen (secondary N) is 2. The Kier molecular flexibility index (Phi) is 10.8. The molecule has 2 atom stereocenters. The van der Waals surface area contributed by atoms with Crippen LogP contribution >= 0.6 is 0 Å². The first-order chi connectivity index (χ1) is 16.6. The van der Waals surface area contributed by atoms with Crippen LogP contribution in [0, 0.1) is 0 Å². The van der Waals surface area contributed by atoms with Crippen LogP contribution in [0.25, 0.3) is 0 Å². The zero-order chi connectivity index (χ0) is 26.0. The third kappa shape index (κ3) is 9.05. The SMILES string of the molecule is CCCCN(C(=O)C(CO)NC(=O)OC(C)(C)C)C(C(=O)NC1CCCCC1)c1cccc(O)c1. The lowest BCUT2D eigenvalue weighted by Crippen LogP contribution is -2.55. The number of carbonyl (C=O) groups excluding carboxylic acids is 3. The van der Waals surface area contributed by atoms with Crippen molar-refractivity contribution < 1.29 is 29.3 Å². The maximum absolute atomic E-state index is 13.6. The van der Waals surface area contributed by atoms with Crippen molar-refractivity contribution in [2.45, 2.75) is 96.4 Å². The van der Waals surface area contributed by atoms with Crippen molar-refractivity contribution in [1.29, 1.82) is 0 Å². The molecule has 1 aliphatic rings. The number of alkyl carbamates (subject to hydrolysis) is 1. The van der Waals surface area contributed by atoms with Gasteiger partial charge in [-0.15, -0.1) is 0 Å². The number of carbonyl (C=O) groups is 3. The van der Waals surface area contributed by atoms with Gasteiger partial charge in [-0.25, -0.2) is 4.79 Å². The molecular formula is C26H41N3O6. The smallest absolute Gasteiger partial charge is 0.408 e. The molecule has 1 aromatic rings. The lowest BCUT2D eigenvalue weighted by atomic mass is 9.94. The van der Waals surface area contributed by atoms with E-state index in [4.69, 9.17) is 4.74 Å². The van der Waals surface area contributed by atoms with E-state index in [1.807, 2.05) is 6.92 Å². The summed E-state index contributed by atoms with van der Waals surface area (Å²) in [6.45, 7) is 6.64. The number of unbranched alkanes of at least 4 members (excludes halogenated alkanes) is 1. The Morgan fingerprint density at radius 1 is 1.17 bits per heavy atom. The van der Waals surface area contributed by atoms with Crippen LogP contribution in [0.15, 0.2) is 24.3 Å². The van der Waals surface area contributed by atoms with Crippen molar-refractivity contribution in [3.63, 3.8) is 0 Å². The molecule has 0 aromatic heterocycles. The lowest BCUT2D eigenvalue weighted by molar-refractivity contribution is -0.143. The zero-order valence-electron chi connectivity index (χ0n) is 21.4. The number of aliphatic hydroxyl groups excluding tert-OH is 1. The molecule has 4 N–H and O–H groups in total. The maximum atomic E-state index is 13.6. The van der Waals surface area contributed by atoms with Crippen LogP contribution in [0.3, 0.4) is 0 Å². The summed E-state index contributed by atoms with van der Waals surface area (Å²) in [6, 6.07) is 3.97. The number of nitrogens with zero attached hydrogens (tertiary/aromatic N) is 1. The van der Waals surface area contributed by atoms with Crippen LogP contribution in [0.5, 0.6) is 5.75 Å². The van der Waals surface area contributed by atoms with Gasteiger partial charge in [-0.1, -0.05) is 44.7 Å². The predicted molar refractivity (Wildman–Crippen MR) is 133 cm³/mol. The highest BCUT2D eigenvalue weighted by Crippen LogP contribution is 2.27. The van der Waals surface area contributed by atoms with Crippen LogP contribution in [-0.2, 0) is 14.3 Å². The van der Waals surface area contributed by atoms with Crippen molar-refractivity contribution in [3.05, 3.63) is 29.8 Å². The second-order valence-electron chi connectivity index (χ2n) is 10.1. The van der Waals surface area contributed by atoms with Crippen molar-refractivity contribution in [1.82, 2.24) is 15.5 Å². The van der Waals surface area contributed by atoms with Gasteiger partial charge in [0, 0.05) is 12.6 Å². The fraction of sp³-hybridized carbons (Fsp3) is 0.654. The quantitative estimate of drug-likeness (QED) is 0.397. The second kappa shape index (κ2) is 13.3. The second-order valence-corrected chi connectivity index (χ2v) is 10.1. The number of rotatable bonds is 10. The summed E-state index contributed by atoms with van der Waals surface area (Å²) in [5.74, 6) is -0.966. The third-order valence-corrected chi connectivity index (χ3v) is 5.90. The fourth-order valence-electron chi connectivity index (χ4n) is 4.23. The third-order valence-electron chi connectivity index (χ3n) is 5.90. The molecule has 2 rings (SSSR count). The molecule has 9 nitrogen and oxygen atoms in total. The molecule has 1 saturated carbocycles. The van der Waals surface area contributed by atoms with Gasteiger partial charge in [-0.05, 0) is 57.7 Å². The standard InChI is InChI=1S/C26H41N3O6/c1-5-6-15-29(24(33)21(17-30)28-25(34)35-26(2,3)4)22(18-11-10-14-20(31)16-18)23(32)27-19-12-8-7-9-13-19/h10-11,14,16,19,21-22,30-31H,5-9,12-13,15,17H2,1-4H3,(H,27,32)(H,28,34). The number of amides is 3. The minimum atomic E-state index is -1.29. The molecular weight excluding hydrogens is 450 g/mol. The summed E-state index contributed by atoms with van der Waals surface area (Å²) in [6.07, 6.45) is 5.51. The van der Waals surface area contributed by atoms with Gasteiger partial charge in [0.25, 0.3) is 0 Å². The van der Waals surface area contributed by atoms with E-state index in [0.29, 0.717) is 12.0 Å². The van der Waals surface area contributed by atoms with E-state index in [-0.39, 0.29) is 24.2 Å². The van der Waals surface area contributed by atoms with Gasteiger partial charge in [-0.2, -0.15) is 0 Å². The average molecular weight is 492 g/mol. The molecule has 0 spiro atoms. The number of benzene rings is 1. The van der Waals surface area contributed by atoms with Crippen LogP contribution < -0.4 is 10.6 Å². The van der Waals surface area contributed by atoms with Crippen LogP contribution in [0.4, 0.5) is 4.79 Å². The number of hydrogen-bond acceptors (Lipinski definition) is 6. The van der Waals surface area contributed by atoms with Gasteiger partial charge in [0.1, 0.15) is 23.4 Å². The summed E-state index contributed by atoms with van der Waals surface area (Å²) in [4.78, 5) is 40.9. The normalized spacial score (nSPS) is 16.1. The summed E-state index contributed by atoms with van der Waals surface area (Å²) in [5, 5.41) is 25.6. The van der Waals surface area contributed by atoms with Crippen molar-refractivity contribution in [2.75, 3.05) is 13.2 Å². The number of aromatic hydroxyl groups is 1. The van der Waals surface area contributed by atoms with Gasteiger partial charge >= 0.3 is 6.09 Å². The molecule has 196 valence electrons. The monoisotopic (exact) mass is 491 g/mol. The van der Waals surface area contributed by atoms with Gasteiger partial charge in [-0.3, -0.25) is 9.59 Å². The molecule has 0 heterocycles. The first-order valence-corrected chi connectivity index (χ1v) is 12.6. The number of phenolic OH excluding ortho intramolecular Hbond substituents is 1. The van der Waals surface area contributed by atoms with Gasteiger partial charge in [0.05, 0.1) is 6.61 Å². The molecule has 1 aromatic carbocycles. The molecule has 0 bridgehead atoms. The Hall–Kier alpha value is -2.81. The molecule has 1 aliphatic carbocycles. The van der Waals surface area contributed by atoms with E-state index >= 15 is 0 Å². The van der Waals surface area contributed by atoms with Crippen molar-refractivity contribution >= 4 is 17.9 Å². The largest absolute Gasteiger partial charge is 0.508 e. The highest BCUT2D eigenvalue weighted by molar-refractivity contribution is 5.92. The van der Waals surface area contributed by atoms with Gasteiger partial charge in [0.15, 0.2) is 0 Å². The van der Waals surface area contributed by atoms with Crippen LogP contribution in [-0.4, -0.2) is 63.9 Å². The molecule has 9 heteroatoms. The maximum Gasteiger partial charge on any atom is 0.408 e. The Morgan fingerprint density at radius 2 is 1.86 bits per heavy atom. The van der Waals surface area contributed by atoms with E-state index in [2.05, 4.69) is 10.6 Å². The van der Waals surface area contributed by atoms with Crippen molar-refractivity contribution in [3.8, 4) is 5.75 Å². The summed E-state index contributed by atoms with van der Waals surface area (Å²) in [7, 11) is 0. The van der Waals surface area contributed by atoms with Crippen LogP contribution in [0.2, 0.25) is 0 Å². The average Bonchev–Trinajstić information content (AvgIpc) is 2.79. The number of hydrogen-bond donors (Lipinski definition) is 4. The Morgan fingerprint density at radius 3 is 2.43 bits per heavy atom. The van der Waals surface area contributed by atoms with E-state index in [0.717, 1.165) is 38.5 Å². The number of aliphatic hydroxyl groups is 1. The lowest BCUT2D eigenvalue weighted by Gasteiger charge is -2.35. The number of phenols is 1. The van der Waals surface area contributed by atoms with Gasteiger partial charge < -0.3 is 30.5 Å². The Labute approximate surface area is 208 Å². The Balaban J connectivity index is 2.37. The summed E-state index contributed by atoms with van der Waals surface area (Å²) < 4.78 is 5.25. The first kappa shape index (κ1) is 28.4. The highest BCUT2D eigenvalue weighted by atomic mass is 16.6. The molecule has 0 saturated heterocycles. The molecule has 1 fully saturated rings. The number of ether oxygens (including phenoxy) is 1. The molecule has 0 radical (unpaired) electrons. The fourth-order valence-corrected chi connectivity index (χ4v) is 4.23. The predicted octanol–water partition coefficient (Wildman–Crippen LogP) is 3.40. The summed E-state index contributed by atoms with van der Waals surface area (Å²) in [5.41, 5.74) is -0.323. The van der Waals surface area contributed by atoms with E-state index in [9.17, 15) is 24.6 Å². The Bertz CT molecular complexity index is 848. The van der Waals surface area contributed by atoms with Crippen molar-refractivity contribution in [2.24, 2.45) is 0 Å². The molecule has 3 amide bonds. The topological polar surface area (TPSA) is 128 Å². The first-order valence-electron chi connectivity index (χ1n) is 12.6.